The maximum atomic E-state index is 11.0. The van der Waals surface area contributed by atoms with Crippen molar-refractivity contribution in [3.05, 3.63) is 75.8 Å². The first-order valence-electron chi connectivity index (χ1n) is 6.92. The molecule has 0 bridgehead atoms. The van der Waals surface area contributed by atoms with Gasteiger partial charge in [0.05, 0.1) is 17.1 Å². The molecule has 0 aromatic heterocycles. The van der Waals surface area contributed by atoms with Crippen LogP contribution < -0.4 is 0 Å². The molecule has 0 saturated heterocycles. The zero-order chi connectivity index (χ0) is 16.0. The predicted octanol–water partition coefficient (Wildman–Crippen LogP) is 3.94. The molecule has 4 nitrogen and oxygen atoms in total. The first-order chi connectivity index (χ1) is 10.5. The molecule has 4 heteroatoms. The molecule has 0 unspecified atom stereocenters. The Balaban J connectivity index is 2.08. The van der Waals surface area contributed by atoms with Crippen molar-refractivity contribution in [1.82, 2.24) is 0 Å². The minimum absolute atomic E-state index is 0.0642. The summed E-state index contributed by atoms with van der Waals surface area (Å²) in [4.78, 5) is 10.6. The van der Waals surface area contributed by atoms with E-state index >= 15 is 0 Å². The van der Waals surface area contributed by atoms with Crippen molar-refractivity contribution in [2.45, 2.75) is 26.1 Å². The van der Waals surface area contributed by atoms with Crippen molar-refractivity contribution < 1.29 is 9.66 Å². The standard InChI is InChI=1S/C18H17NO3/c1-18(2,13-12-15-8-4-3-5-9-15)22-14-16-10-6-7-11-17(16)19(20)21/h3-11H,14H2,1-2H3. The lowest BCUT2D eigenvalue weighted by atomic mass is 10.1. The summed E-state index contributed by atoms with van der Waals surface area (Å²) in [6, 6.07) is 16.2. The number of benzene rings is 2. The van der Waals surface area contributed by atoms with E-state index in [2.05, 4.69) is 11.8 Å². The van der Waals surface area contributed by atoms with Gasteiger partial charge in [0, 0.05) is 11.6 Å². The van der Waals surface area contributed by atoms with Crippen molar-refractivity contribution in [1.29, 1.82) is 0 Å². The molecule has 0 saturated carbocycles. The van der Waals surface area contributed by atoms with Gasteiger partial charge in [-0.2, -0.15) is 0 Å². The van der Waals surface area contributed by atoms with Crippen LogP contribution in [0.4, 0.5) is 5.69 Å². The topological polar surface area (TPSA) is 52.4 Å². The molecule has 0 N–H and O–H groups in total. The molecule has 0 aliphatic carbocycles. The van der Waals surface area contributed by atoms with Gasteiger partial charge in [0.1, 0.15) is 5.60 Å². The smallest absolute Gasteiger partial charge is 0.274 e. The Morgan fingerprint density at radius 2 is 1.73 bits per heavy atom. The summed E-state index contributed by atoms with van der Waals surface area (Å²) in [5.74, 6) is 6.10. The lowest BCUT2D eigenvalue weighted by molar-refractivity contribution is -0.386. The third-order valence-corrected chi connectivity index (χ3v) is 3.06. The molecule has 112 valence electrons. The highest BCUT2D eigenvalue weighted by Gasteiger charge is 2.18. The summed E-state index contributed by atoms with van der Waals surface area (Å²) in [5.41, 5.74) is 0.820. The van der Waals surface area contributed by atoms with Gasteiger partial charge in [0.25, 0.3) is 5.69 Å². The molecule has 0 heterocycles. The Morgan fingerprint density at radius 3 is 2.41 bits per heavy atom. The van der Waals surface area contributed by atoms with Crippen LogP contribution in [0.15, 0.2) is 54.6 Å². The Hall–Kier alpha value is -2.64. The van der Waals surface area contributed by atoms with Gasteiger partial charge in [-0.3, -0.25) is 10.1 Å². The SMILES string of the molecule is CC(C)(C#Cc1ccccc1)OCc1ccccc1[N+](=O)[O-]. The molecule has 2 aromatic rings. The molecule has 0 aliphatic heterocycles. The molecule has 2 rings (SSSR count). The van der Waals surface area contributed by atoms with E-state index in [-0.39, 0.29) is 12.3 Å². The van der Waals surface area contributed by atoms with Gasteiger partial charge in [0.15, 0.2) is 0 Å². The van der Waals surface area contributed by atoms with Crippen LogP contribution in [0.1, 0.15) is 25.0 Å². The normalized spacial score (nSPS) is 10.6. The number of para-hydroxylation sites is 1. The number of nitro benzene ring substituents is 1. The van der Waals surface area contributed by atoms with Gasteiger partial charge in [-0.05, 0) is 32.0 Å². The number of hydrogen-bond donors (Lipinski definition) is 0. The van der Waals surface area contributed by atoms with Crippen LogP contribution in [0.3, 0.4) is 0 Å². The van der Waals surface area contributed by atoms with Crippen molar-refractivity contribution in [3.8, 4) is 11.8 Å². The van der Waals surface area contributed by atoms with Crippen LogP contribution in [0.2, 0.25) is 0 Å². The quantitative estimate of drug-likeness (QED) is 0.487. The zero-order valence-electron chi connectivity index (χ0n) is 12.6. The van der Waals surface area contributed by atoms with Crippen LogP contribution >= 0.6 is 0 Å². The van der Waals surface area contributed by atoms with Crippen molar-refractivity contribution in [3.63, 3.8) is 0 Å². The van der Waals surface area contributed by atoms with Gasteiger partial charge in [-0.15, -0.1) is 0 Å². The monoisotopic (exact) mass is 295 g/mol. The van der Waals surface area contributed by atoms with E-state index in [1.54, 1.807) is 18.2 Å². The molecule has 0 atom stereocenters. The Bertz CT molecular complexity index is 712. The lowest BCUT2D eigenvalue weighted by Gasteiger charge is -2.18. The lowest BCUT2D eigenvalue weighted by Crippen LogP contribution is -2.22. The van der Waals surface area contributed by atoms with Gasteiger partial charge in [0.2, 0.25) is 0 Å². The van der Waals surface area contributed by atoms with Crippen LogP contribution in [-0.2, 0) is 11.3 Å². The molecule has 22 heavy (non-hydrogen) atoms. The number of ether oxygens (including phenoxy) is 1. The van der Waals surface area contributed by atoms with E-state index in [1.165, 1.54) is 6.07 Å². The van der Waals surface area contributed by atoms with Gasteiger partial charge < -0.3 is 4.74 Å². The van der Waals surface area contributed by atoms with E-state index in [1.807, 2.05) is 44.2 Å². The van der Waals surface area contributed by atoms with E-state index in [0.717, 1.165) is 5.56 Å². The third-order valence-electron chi connectivity index (χ3n) is 3.06. The number of rotatable bonds is 4. The fourth-order valence-electron chi connectivity index (χ4n) is 1.85. The van der Waals surface area contributed by atoms with Gasteiger partial charge >= 0.3 is 0 Å². The van der Waals surface area contributed by atoms with E-state index < -0.39 is 10.5 Å². The summed E-state index contributed by atoms with van der Waals surface area (Å²) in [6.07, 6.45) is 0. The summed E-state index contributed by atoms with van der Waals surface area (Å²) < 4.78 is 5.75. The van der Waals surface area contributed by atoms with Crippen molar-refractivity contribution in [2.24, 2.45) is 0 Å². The van der Waals surface area contributed by atoms with Gasteiger partial charge in [-0.1, -0.05) is 42.2 Å². The van der Waals surface area contributed by atoms with Crippen LogP contribution in [-0.4, -0.2) is 10.5 Å². The maximum absolute atomic E-state index is 11.0. The zero-order valence-corrected chi connectivity index (χ0v) is 12.6. The molecular formula is C18H17NO3. The third kappa shape index (κ3) is 4.44. The van der Waals surface area contributed by atoms with E-state index in [0.29, 0.717) is 5.56 Å². The van der Waals surface area contributed by atoms with Gasteiger partial charge in [-0.25, -0.2) is 0 Å². The second kappa shape index (κ2) is 6.88. The summed E-state index contributed by atoms with van der Waals surface area (Å²) in [5, 5.41) is 11.0. The average Bonchev–Trinajstić information content (AvgIpc) is 2.52. The minimum atomic E-state index is -0.695. The highest BCUT2D eigenvalue weighted by molar-refractivity contribution is 5.39. The second-order valence-electron chi connectivity index (χ2n) is 5.30. The van der Waals surface area contributed by atoms with Crippen molar-refractivity contribution in [2.75, 3.05) is 0 Å². The Kier molecular flexibility index (Phi) is 4.92. The predicted molar refractivity (Wildman–Crippen MR) is 85.3 cm³/mol. The number of nitrogens with zero attached hydrogens (tertiary/aromatic N) is 1. The molecule has 0 radical (unpaired) electrons. The first-order valence-corrected chi connectivity index (χ1v) is 6.92. The molecule has 0 spiro atoms. The van der Waals surface area contributed by atoms with Crippen LogP contribution in [0, 0.1) is 22.0 Å². The highest BCUT2D eigenvalue weighted by Crippen LogP contribution is 2.21. The van der Waals surface area contributed by atoms with Crippen LogP contribution in [0.5, 0.6) is 0 Å². The summed E-state index contributed by atoms with van der Waals surface area (Å²) >= 11 is 0. The molecular weight excluding hydrogens is 278 g/mol. The number of nitro groups is 1. The average molecular weight is 295 g/mol. The molecule has 0 amide bonds. The maximum Gasteiger partial charge on any atom is 0.274 e. The summed E-state index contributed by atoms with van der Waals surface area (Å²) in [6.45, 7) is 3.84. The molecule has 0 fully saturated rings. The summed E-state index contributed by atoms with van der Waals surface area (Å²) in [7, 11) is 0. The Labute approximate surface area is 129 Å². The van der Waals surface area contributed by atoms with E-state index in [4.69, 9.17) is 4.74 Å². The second-order valence-corrected chi connectivity index (χ2v) is 5.30. The minimum Gasteiger partial charge on any atom is -0.358 e. The largest absolute Gasteiger partial charge is 0.358 e. The fourth-order valence-corrected chi connectivity index (χ4v) is 1.85. The number of hydrogen-bond acceptors (Lipinski definition) is 3. The fraction of sp³-hybridized carbons (Fsp3) is 0.222. The Morgan fingerprint density at radius 1 is 1.09 bits per heavy atom. The molecule has 0 aliphatic rings. The van der Waals surface area contributed by atoms with Crippen molar-refractivity contribution >= 4 is 5.69 Å². The van der Waals surface area contributed by atoms with E-state index in [9.17, 15) is 10.1 Å². The molecule has 2 aromatic carbocycles. The first kappa shape index (κ1) is 15.7. The highest BCUT2D eigenvalue weighted by atomic mass is 16.6. The van der Waals surface area contributed by atoms with Crippen LogP contribution in [0.25, 0.3) is 0 Å².